The fourth-order valence-electron chi connectivity index (χ4n) is 2.44. The third kappa shape index (κ3) is 5.60. The lowest BCUT2D eigenvalue weighted by Gasteiger charge is -2.25. The Morgan fingerprint density at radius 2 is 2.35 bits per heavy atom. The van der Waals surface area contributed by atoms with Crippen LogP contribution < -0.4 is 16.4 Å². The number of carbonyl (C=O) groups excluding carboxylic acids is 1. The van der Waals surface area contributed by atoms with E-state index in [2.05, 4.69) is 10.6 Å². The highest BCUT2D eigenvalue weighted by Gasteiger charge is 2.33. The van der Waals surface area contributed by atoms with Crippen molar-refractivity contribution in [1.82, 2.24) is 15.5 Å². The maximum Gasteiger partial charge on any atom is 0.314 e. The Morgan fingerprint density at radius 1 is 1.60 bits per heavy atom. The Kier molecular flexibility index (Phi) is 7.79. The van der Waals surface area contributed by atoms with E-state index in [0.717, 1.165) is 12.8 Å². The summed E-state index contributed by atoms with van der Waals surface area (Å²) in [5.41, 5.74) is 5.34. The molecule has 0 aliphatic carbocycles. The minimum absolute atomic E-state index is 0.0204. The molecule has 0 aromatic heterocycles. The van der Waals surface area contributed by atoms with Crippen molar-refractivity contribution in [3.05, 3.63) is 0 Å². The van der Waals surface area contributed by atoms with Crippen molar-refractivity contribution in [2.45, 2.75) is 38.0 Å². The summed E-state index contributed by atoms with van der Waals surface area (Å²) < 4.78 is 19.1. The van der Waals surface area contributed by atoms with Crippen molar-refractivity contribution < 1.29 is 13.9 Å². The predicted octanol–water partition coefficient (Wildman–Crippen LogP) is 0.0817. The van der Waals surface area contributed by atoms with Crippen LogP contribution in [0.2, 0.25) is 0 Å². The van der Waals surface area contributed by atoms with Crippen LogP contribution in [0.25, 0.3) is 0 Å². The minimum atomic E-state index is -1.04. The van der Waals surface area contributed by atoms with Crippen LogP contribution in [0.4, 0.5) is 9.18 Å². The summed E-state index contributed by atoms with van der Waals surface area (Å²) in [4.78, 5) is 13.4. The van der Waals surface area contributed by atoms with Gasteiger partial charge in [-0.25, -0.2) is 9.18 Å². The summed E-state index contributed by atoms with van der Waals surface area (Å²) in [6.07, 6.45) is 0.692. The van der Waals surface area contributed by atoms with Crippen LogP contribution in [-0.4, -0.2) is 69.1 Å². The van der Waals surface area contributed by atoms with E-state index in [4.69, 9.17) is 10.5 Å². The van der Waals surface area contributed by atoms with Gasteiger partial charge in [0, 0.05) is 45.4 Å². The van der Waals surface area contributed by atoms with E-state index in [1.165, 1.54) is 0 Å². The van der Waals surface area contributed by atoms with E-state index >= 15 is 0 Å². The Balaban J connectivity index is 2.50. The normalized spacial score (nSPS) is 24.6. The van der Waals surface area contributed by atoms with Crippen molar-refractivity contribution in [3.63, 3.8) is 0 Å². The summed E-state index contributed by atoms with van der Waals surface area (Å²) in [5, 5.41) is 5.40. The quantitative estimate of drug-likeness (QED) is 0.553. The smallest absolute Gasteiger partial charge is 0.314 e. The second-order valence-corrected chi connectivity index (χ2v) is 5.17. The van der Waals surface area contributed by atoms with E-state index < -0.39 is 6.17 Å². The third-order valence-electron chi connectivity index (χ3n) is 3.44. The molecule has 0 aromatic carbocycles. The van der Waals surface area contributed by atoms with Gasteiger partial charge in [-0.2, -0.15) is 0 Å². The van der Waals surface area contributed by atoms with Crippen LogP contribution in [0.5, 0.6) is 0 Å². The number of likely N-dealkylation sites (tertiary alicyclic amines) is 1. The summed E-state index contributed by atoms with van der Waals surface area (Å²) in [5.74, 6) is 0. The highest BCUT2D eigenvalue weighted by molar-refractivity contribution is 5.73. The van der Waals surface area contributed by atoms with Gasteiger partial charge in [0.2, 0.25) is 0 Å². The molecule has 4 N–H and O–H groups in total. The van der Waals surface area contributed by atoms with Gasteiger partial charge in [-0.05, 0) is 12.8 Å². The fraction of sp³-hybridized carbons (Fsp3) is 0.923. The molecule has 0 saturated carbocycles. The van der Waals surface area contributed by atoms with Gasteiger partial charge in [0.1, 0.15) is 6.17 Å². The number of carbonyl (C=O) groups is 1. The molecular formula is C13H27FN4O2. The number of hydrogen-bond donors (Lipinski definition) is 3. The lowest BCUT2D eigenvalue weighted by atomic mass is 10.2. The van der Waals surface area contributed by atoms with Gasteiger partial charge < -0.3 is 21.1 Å². The van der Waals surface area contributed by atoms with Gasteiger partial charge in [0.05, 0.1) is 6.61 Å². The average molecular weight is 290 g/mol. The molecule has 3 atom stereocenters. The number of halogens is 1. The van der Waals surface area contributed by atoms with Crippen molar-refractivity contribution in [2.75, 3.05) is 39.9 Å². The average Bonchev–Trinajstić information content (AvgIpc) is 2.80. The molecule has 1 saturated heterocycles. The Labute approximate surface area is 120 Å². The van der Waals surface area contributed by atoms with Crippen LogP contribution in [-0.2, 0) is 4.74 Å². The molecule has 20 heavy (non-hydrogen) atoms. The SMILES string of the molecule is CCCOC[C@@H]1C[C@@H](NC(=O)NC)CN1C[C@@H](F)CN. The standard InChI is InChI=1S/C13H27FN4O2/c1-3-4-20-9-12-5-11(17-13(19)16-2)8-18(12)7-10(14)6-15/h10-12H,3-9,15H2,1-2H3,(H2,16,17,19)/t10-,11+,12-/m0/s1. The first-order valence-corrected chi connectivity index (χ1v) is 7.24. The minimum Gasteiger partial charge on any atom is -0.380 e. The van der Waals surface area contributed by atoms with Gasteiger partial charge in [0.25, 0.3) is 0 Å². The van der Waals surface area contributed by atoms with Crippen LogP contribution in [0.15, 0.2) is 0 Å². The van der Waals surface area contributed by atoms with E-state index in [0.29, 0.717) is 26.3 Å². The number of amides is 2. The summed E-state index contributed by atoms with van der Waals surface area (Å²) in [7, 11) is 1.58. The first-order valence-electron chi connectivity index (χ1n) is 7.24. The van der Waals surface area contributed by atoms with Gasteiger partial charge >= 0.3 is 6.03 Å². The van der Waals surface area contributed by atoms with Gasteiger partial charge in [-0.1, -0.05) is 6.92 Å². The maximum atomic E-state index is 13.5. The van der Waals surface area contributed by atoms with Gasteiger partial charge in [-0.3, -0.25) is 4.90 Å². The van der Waals surface area contributed by atoms with E-state index in [1.54, 1.807) is 7.05 Å². The molecule has 7 heteroatoms. The monoisotopic (exact) mass is 290 g/mol. The van der Waals surface area contributed by atoms with Crippen LogP contribution in [0.1, 0.15) is 19.8 Å². The molecule has 1 aliphatic heterocycles. The van der Waals surface area contributed by atoms with Gasteiger partial charge in [-0.15, -0.1) is 0 Å². The fourth-order valence-corrected chi connectivity index (χ4v) is 2.44. The second-order valence-electron chi connectivity index (χ2n) is 5.17. The summed E-state index contributed by atoms with van der Waals surface area (Å²) in [6.45, 7) is 4.27. The highest BCUT2D eigenvalue weighted by Crippen LogP contribution is 2.19. The first-order chi connectivity index (χ1) is 9.60. The lowest BCUT2D eigenvalue weighted by molar-refractivity contribution is 0.0680. The summed E-state index contributed by atoms with van der Waals surface area (Å²) in [6, 6.07) is -0.0515. The number of nitrogens with one attached hydrogen (secondary N) is 2. The molecule has 0 spiro atoms. The Bertz CT molecular complexity index is 294. The molecule has 2 amide bonds. The molecule has 0 unspecified atom stereocenters. The number of rotatable bonds is 8. The Morgan fingerprint density at radius 3 is 2.95 bits per heavy atom. The zero-order valence-electron chi connectivity index (χ0n) is 12.4. The number of nitrogens with two attached hydrogens (primary N) is 1. The number of hydrogen-bond acceptors (Lipinski definition) is 4. The molecule has 1 heterocycles. The second kappa shape index (κ2) is 9.10. The molecular weight excluding hydrogens is 263 g/mol. The molecule has 118 valence electrons. The predicted molar refractivity (Wildman–Crippen MR) is 76.4 cm³/mol. The molecule has 1 rings (SSSR count). The maximum absolute atomic E-state index is 13.5. The zero-order chi connectivity index (χ0) is 15.0. The molecule has 0 radical (unpaired) electrons. The van der Waals surface area contributed by atoms with Crippen LogP contribution >= 0.6 is 0 Å². The van der Waals surface area contributed by atoms with Crippen molar-refractivity contribution in [1.29, 1.82) is 0 Å². The summed E-state index contributed by atoms with van der Waals surface area (Å²) >= 11 is 0. The Hall–Kier alpha value is -0.920. The molecule has 0 bridgehead atoms. The van der Waals surface area contributed by atoms with E-state index in [-0.39, 0.29) is 24.7 Å². The van der Waals surface area contributed by atoms with Gasteiger partial charge in [0.15, 0.2) is 0 Å². The number of urea groups is 1. The van der Waals surface area contributed by atoms with Crippen molar-refractivity contribution >= 4 is 6.03 Å². The molecule has 6 nitrogen and oxygen atoms in total. The van der Waals surface area contributed by atoms with E-state index in [1.807, 2.05) is 11.8 Å². The number of ether oxygens (including phenoxy) is 1. The molecule has 1 fully saturated rings. The topological polar surface area (TPSA) is 79.6 Å². The number of nitrogens with zero attached hydrogens (tertiary/aromatic N) is 1. The van der Waals surface area contributed by atoms with Crippen LogP contribution in [0.3, 0.4) is 0 Å². The van der Waals surface area contributed by atoms with Crippen molar-refractivity contribution in [2.24, 2.45) is 5.73 Å². The largest absolute Gasteiger partial charge is 0.380 e. The zero-order valence-corrected chi connectivity index (χ0v) is 12.4. The number of alkyl halides is 1. The molecule has 0 aromatic rings. The first kappa shape index (κ1) is 17.1. The van der Waals surface area contributed by atoms with Crippen LogP contribution in [0, 0.1) is 0 Å². The molecule has 1 aliphatic rings. The van der Waals surface area contributed by atoms with E-state index in [9.17, 15) is 9.18 Å². The third-order valence-corrected chi connectivity index (χ3v) is 3.44. The lowest BCUT2D eigenvalue weighted by Crippen LogP contribution is -2.43. The highest BCUT2D eigenvalue weighted by atomic mass is 19.1. The van der Waals surface area contributed by atoms with Crippen molar-refractivity contribution in [3.8, 4) is 0 Å².